The Hall–Kier alpha value is -3.39. The third-order valence-electron chi connectivity index (χ3n) is 5.14. The van der Waals surface area contributed by atoms with Crippen molar-refractivity contribution >= 4 is 17.6 Å². The van der Waals surface area contributed by atoms with Crippen LogP contribution in [0.4, 0.5) is 5.82 Å². The first kappa shape index (κ1) is 20.9. The number of H-pyrrole nitrogens is 1. The van der Waals surface area contributed by atoms with Crippen LogP contribution in [0.3, 0.4) is 0 Å². The first-order valence-corrected chi connectivity index (χ1v) is 10.5. The third kappa shape index (κ3) is 5.21. The number of anilines is 1. The second-order valence-corrected chi connectivity index (χ2v) is 7.49. The highest BCUT2D eigenvalue weighted by Gasteiger charge is 2.21. The van der Waals surface area contributed by atoms with E-state index < -0.39 is 0 Å². The van der Waals surface area contributed by atoms with Crippen molar-refractivity contribution in [3.05, 3.63) is 71.1 Å². The van der Waals surface area contributed by atoms with E-state index in [0.717, 1.165) is 12.8 Å². The number of nitrogens with one attached hydrogen (secondary N) is 2. The molecule has 2 aromatic heterocycles. The molecule has 1 saturated heterocycles. The summed E-state index contributed by atoms with van der Waals surface area (Å²) in [5, 5.41) is 2.82. The number of benzene rings is 1. The van der Waals surface area contributed by atoms with Gasteiger partial charge < -0.3 is 24.4 Å². The molecule has 0 aliphatic carbocycles. The van der Waals surface area contributed by atoms with Gasteiger partial charge >= 0.3 is 0 Å². The van der Waals surface area contributed by atoms with Crippen molar-refractivity contribution < 1.29 is 18.7 Å². The quantitative estimate of drug-likeness (QED) is 0.609. The van der Waals surface area contributed by atoms with Crippen LogP contribution >= 0.6 is 0 Å². The maximum atomic E-state index is 12.5. The van der Waals surface area contributed by atoms with Crippen molar-refractivity contribution in [3.8, 4) is 0 Å². The Morgan fingerprint density at radius 1 is 1.13 bits per heavy atom. The van der Waals surface area contributed by atoms with Crippen LogP contribution in [0.5, 0.6) is 0 Å². The molecule has 8 nitrogen and oxygen atoms in total. The molecule has 0 atom stereocenters. The summed E-state index contributed by atoms with van der Waals surface area (Å²) in [6.07, 6.45) is 4.03. The van der Waals surface area contributed by atoms with E-state index in [0.29, 0.717) is 61.5 Å². The van der Waals surface area contributed by atoms with Crippen LogP contribution in [0.25, 0.3) is 0 Å². The highest BCUT2D eigenvalue weighted by Crippen LogP contribution is 2.16. The SMILES string of the molecule is CCCc1ccc(C(=O)Nc2cnc(Cc3ccc(C(=O)N4CCOCC4)o3)[nH]2)cc1. The van der Waals surface area contributed by atoms with Crippen LogP contribution in [-0.2, 0) is 17.6 Å². The molecule has 0 saturated carbocycles. The highest BCUT2D eigenvalue weighted by atomic mass is 16.5. The molecule has 0 bridgehead atoms. The number of ether oxygens (including phenoxy) is 1. The van der Waals surface area contributed by atoms with E-state index in [-0.39, 0.29) is 11.8 Å². The molecule has 4 rings (SSSR count). The van der Waals surface area contributed by atoms with E-state index in [4.69, 9.17) is 9.15 Å². The standard InChI is InChI=1S/C23H26N4O4/c1-2-3-16-4-6-17(7-5-16)22(28)26-21-15-24-20(25-21)14-18-8-9-19(31-18)23(29)27-10-12-30-13-11-27/h4-9,15H,2-3,10-14H2,1H3,(H,24,25)(H,26,28). The molecular weight excluding hydrogens is 396 g/mol. The Kier molecular flexibility index (Phi) is 6.47. The number of nitrogens with zero attached hydrogens (tertiary/aromatic N) is 2. The normalized spacial score (nSPS) is 13.9. The summed E-state index contributed by atoms with van der Waals surface area (Å²) >= 11 is 0. The third-order valence-corrected chi connectivity index (χ3v) is 5.14. The fourth-order valence-electron chi connectivity index (χ4n) is 3.50. The molecular formula is C23H26N4O4. The van der Waals surface area contributed by atoms with Gasteiger partial charge in [0.2, 0.25) is 0 Å². The molecule has 0 radical (unpaired) electrons. The van der Waals surface area contributed by atoms with Gasteiger partial charge in [-0.25, -0.2) is 4.98 Å². The molecule has 1 aliphatic rings. The molecule has 1 fully saturated rings. The average molecular weight is 422 g/mol. The Balaban J connectivity index is 1.34. The van der Waals surface area contributed by atoms with E-state index in [1.165, 1.54) is 5.56 Å². The van der Waals surface area contributed by atoms with Crippen molar-refractivity contribution in [3.63, 3.8) is 0 Å². The predicted molar refractivity (Wildman–Crippen MR) is 115 cm³/mol. The zero-order valence-electron chi connectivity index (χ0n) is 17.5. The maximum Gasteiger partial charge on any atom is 0.289 e. The minimum Gasteiger partial charge on any atom is -0.455 e. The number of hydrogen-bond donors (Lipinski definition) is 2. The molecule has 2 N–H and O–H groups in total. The Labute approximate surface area is 180 Å². The van der Waals surface area contributed by atoms with E-state index in [9.17, 15) is 9.59 Å². The second-order valence-electron chi connectivity index (χ2n) is 7.49. The summed E-state index contributed by atoms with van der Waals surface area (Å²) in [7, 11) is 0. The summed E-state index contributed by atoms with van der Waals surface area (Å²) < 4.78 is 11.0. The summed E-state index contributed by atoms with van der Waals surface area (Å²) in [5.41, 5.74) is 1.81. The predicted octanol–water partition coefficient (Wildman–Crippen LogP) is 3.27. The van der Waals surface area contributed by atoms with Crippen LogP contribution in [-0.4, -0.2) is 53.0 Å². The lowest BCUT2D eigenvalue weighted by Gasteiger charge is -2.25. The van der Waals surface area contributed by atoms with E-state index >= 15 is 0 Å². The Bertz CT molecular complexity index is 1030. The van der Waals surface area contributed by atoms with Crippen molar-refractivity contribution in [2.24, 2.45) is 0 Å². The lowest BCUT2D eigenvalue weighted by molar-refractivity contribution is 0.0282. The molecule has 1 aliphatic heterocycles. The summed E-state index contributed by atoms with van der Waals surface area (Å²) in [4.78, 5) is 34.0. The number of amides is 2. The minimum absolute atomic E-state index is 0.132. The van der Waals surface area contributed by atoms with Crippen LogP contribution in [0, 0.1) is 0 Å². The number of aromatic amines is 1. The number of carbonyl (C=O) groups excluding carboxylic acids is 2. The first-order valence-electron chi connectivity index (χ1n) is 10.5. The zero-order valence-corrected chi connectivity index (χ0v) is 17.5. The topological polar surface area (TPSA) is 100 Å². The fourth-order valence-corrected chi connectivity index (χ4v) is 3.50. The number of aryl methyl sites for hydroxylation is 1. The van der Waals surface area contributed by atoms with Gasteiger partial charge in [0, 0.05) is 18.7 Å². The number of rotatable bonds is 7. The van der Waals surface area contributed by atoms with Crippen molar-refractivity contribution in [1.82, 2.24) is 14.9 Å². The number of morpholine rings is 1. The molecule has 31 heavy (non-hydrogen) atoms. The lowest BCUT2D eigenvalue weighted by atomic mass is 10.1. The Morgan fingerprint density at radius 3 is 2.65 bits per heavy atom. The summed E-state index contributed by atoms with van der Waals surface area (Å²) in [6, 6.07) is 11.1. The van der Waals surface area contributed by atoms with Crippen molar-refractivity contribution in [2.45, 2.75) is 26.2 Å². The smallest absolute Gasteiger partial charge is 0.289 e. The number of aromatic nitrogens is 2. The molecule has 162 valence electrons. The first-order chi connectivity index (χ1) is 15.1. The number of furan rings is 1. The molecule has 3 aromatic rings. The minimum atomic E-state index is -0.199. The van der Waals surface area contributed by atoms with Gasteiger partial charge in [-0.05, 0) is 36.2 Å². The molecule has 0 unspecified atom stereocenters. The fraction of sp³-hybridized carbons (Fsp3) is 0.348. The van der Waals surface area contributed by atoms with Gasteiger partial charge in [-0.1, -0.05) is 25.5 Å². The largest absolute Gasteiger partial charge is 0.455 e. The molecule has 0 spiro atoms. The monoisotopic (exact) mass is 422 g/mol. The number of carbonyl (C=O) groups is 2. The van der Waals surface area contributed by atoms with Crippen LogP contribution in [0.15, 0.2) is 47.0 Å². The zero-order chi connectivity index (χ0) is 21.6. The van der Waals surface area contributed by atoms with Gasteiger partial charge in [0.15, 0.2) is 5.76 Å². The lowest BCUT2D eigenvalue weighted by Crippen LogP contribution is -2.40. The maximum absolute atomic E-state index is 12.5. The van der Waals surface area contributed by atoms with Crippen LogP contribution in [0.2, 0.25) is 0 Å². The van der Waals surface area contributed by atoms with Crippen LogP contribution in [0.1, 0.15) is 51.4 Å². The van der Waals surface area contributed by atoms with Crippen molar-refractivity contribution in [2.75, 3.05) is 31.6 Å². The molecule has 1 aromatic carbocycles. The summed E-state index contributed by atoms with van der Waals surface area (Å²) in [5.74, 6) is 1.74. The van der Waals surface area contributed by atoms with Gasteiger partial charge in [0.25, 0.3) is 11.8 Å². The van der Waals surface area contributed by atoms with Gasteiger partial charge in [0.05, 0.1) is 25.8 Å². The molecule has 2 amide bonds. The number of imidazole rings is 1. The van der Waals surface area contributed by atoms with Crippen LogP contribution < -0.4 is 5.32 Å². The molecule has 8 heteroatoms. The summed E-state index contributed by atoms with van der Waals surface area (Å²) in [6.45, 7) is 4.35. The van der Waals surface area contributed by atoms with Gasteiger partial charge in [-0.2, -0.15) is 0 Å². The van der Waals surface area contributed by atoms with Gasteiger partial charge in [0.1, 0.15) is 17.4 Å². The highest BCUT2D eigenvalue weighted by molar-refractivity contribution is 6.03. The van der Waals surface area contributed by atoms with E-state index in [1.54, 1.807) is 23.2 Å². The Morgan fingerprint density at radius 2 is 1.90 bits per heavy atom. The van der Waals surface area contributed by atoms with E-state index in [2.05, 4.69) is 22.2 Å². The number of hydrogen-bond acceptors (Lipinski definition) is 5. The molecule has 3 heterocycles. The van der Waals surface area contributed by atoms with Gasteiger partial charge in [-0.3, -0.25) is 9.59 Å². The average Bonchev–Trinajstić information content (AvgIpc) is 3.44. The van der Waals surface area contributed by atoms with Gasteiger partial charge in [-0.15, -0.1) is 0 Å². The second kappa shape index (κ2) is 9.61. The van der Waals surface area contributed by atoms with Crippen molar-refractivity contribution in [1.29, 1.82) is 0 Å². The van der Waals surface area contributed by atoms with E-state index in [1.807, 2.05) is 24.3 Å².